The van der Waals surface area contributed by atoms with Crippen molar-refractivity contribution in [3.63, 3.8) is 0 Å². The molecule has 2 rings (SSSR count). The van der Waals surface area contributed by atoms with Crippen molar-refractivity contribution in [1.82, 2.24) is 4.90 Å². The first-order valence-corrected chi connectivity index (χ1v) is 8.20. The predicted octanol–water partition coefficient (Wildman–Crippen LogP) is 3.92. The summed E-state index contributed by atoms with van der Waals surface area (Å²) >= 11 is 8.14. The number of amides is 1. The van der Waals surface area contributed by atoms with E-state index in [1.54, 1.807) is 19.1 Å². The first kappa shape index (κ1) is 15.8. The fourth-order valence-electron chi connectivity index (χ4n) is 2.63. The minimum atomic E-state index is -0.0112. The molecule has 20 heavy (non-hydrogen) atoms. The maximum absolute atomic E-state index is 12.7. The molecule has 0 aromatic heterocycles. The minimum absolute atomic E-state index is 0.0112. The van der Waals surface area contributed by atoms with E-state index in [4.69, 9.17) is 11.6 Å². The van der Waals surface area contributed by atoms with Crippen molar-refractivity contribution in [2.24, 2.45) is 0 Å². The molecule has 0 spiro atoms. The Hall–Kier alpha value is -0.620. The summed E-state index contributed by atoms with van der Waals surface area (Å²) in [5.74, 6) is 0.123. The quantitative estimate of drug-likeness (QED) is 0.715. The number of benzene rings is 1. The normalized spacial score (nSPS) is 18.9. The number of carbonyl (C=O) groups is 2. The second-order valence-electron chi connectivity index (χ2n) is 5.18. The zero-order valence-corrected chi connectivity index (χ0v) is 14.3. The highest BCUT2D eigenvalue weighted by Gasteiger charge is 2.29. The molecule has 1 fully saturated rings. The van der Waals surface area contributed by atoms with Crippen LogP contribution in [0.1, 0.15) is 43.0 Å². The van der Waals surface area contributed by atoms with E-state index in [9.17, 15) is 9.59 Å². The minimum Gasteiger partial charge on any atom is -0.335 e. The first-order chi connectivity index (χ1) is 9.49. The number of piperidine rings is 1. The Morgan fingerprint density at radius 2 is 2.15 bits per heavy atom. The van der Waals surface area contributed by atoms with Crippen molar-refractivity contribution in [2.45, 2.75) is 38.6 Å². The Bertz CT molecular complexity index is 533. The second kappa shape index (κ2) is 6.89. The topological polar surface area (TPSA) is 37.4 Å². The summed E-state index contributed by atoms with van der Waals surface area (Å²) in [7, 11) is 0. The number of carbonyl (C=O) groups excluding carboxylic acids is 2. The third-order valence-electron chi connectivity index (χ3n) is 3.57. The highest BCUT2D eigenvalue weighted by Crippen LogP contribution is 2.25. The smallest absolute Gasteiger partial charge is 0.255 e. The average molecular weight is 406 g/mol. The zero-order chi connectivity index (χ0) is 14.7. The maximum Gasteiger partial charge on any atom is 0.255 e. The van der Waals surface area contributed by atoms with E-state index in [-0.39, 0.29) is 17.7 Å². The highest BCUT2D eigenvalue weighted by molar-refractivity contribution is 14.1. The Morgan fingerprint density at radius 3 is 2.85 bits per heavy atom. The van der Waals surface area contributed by atoms with Crippen LogP contribution in [0, 0.1) is 3.57 Å². The van der Waals surface area contributed by atoms with Crippen molar-refractivity contribution in [1.29, 1.82) is 0 Å². The monoisotopic (exact) mass is 405 g/mol. The SMILES string of the molecule is CC(=O)CC1CCCCN1C(=O)c1cc(Cl)ccc1I. The molecule has 1 aliphatic heterocycles. The van der Waals surface area contributed by atoms with Gasteiger partial charge in [0, 0.05) is 27.6 Å². The third kappa shape index (κ3) is 3.73. The van der Waals surface area contributed by atoms with Crippen LogP contribution in [0.4, 0.5) is 0 Å². The Balaban J connectivity index is 2.25. The van der Waals surface area contributed by atoms with Crippen LogP contribution in [-0.2, 0) is 4.79 Å². The van der Waals surface area contributed by atoms with Crippen LogP contribution in [0.15, 0.2) is 18.2 Å². The van der Waals surface area contributed by atoms with Gasteiger partial charge in [-0.25, -0.2) is 0 Å². The molecule has 1 amide bonds. The van der Waals surface area contributed by atoms with Crippen molar-refractivity contribution in [2.75, 3.05) is 6.54 Å². The summed E-state index contributed by atoms with van der Waals surface area (Å²) in [6.45, 7) is 2.31. The van der Waals surface area contributed by atoms with Crippen molar-refractivity contribution < 1.29 is 9.59 Å². The Kier molecular flexibility index (Phi) is 5.43. The van der Waals surface area contributed by atoms with E-state index in [1.807, 2.05) is 11.0 Å². The van der Waals surface area contributed by atoms with Crippen molar-refractivity contribution in [3.8, 4) is 0 Å². The molecule has 1 atom stereocenters. The number of hydrogen-bond donors (Lipinski definition) is 0. The van der Waals surface area contributed by atoms with E-state index in [2.05, 4.69) is 22.6 Å². The van der Waals surface area contributed by atoms with Gasteiger partial charge in [0.05, 0.1) is 5.56 Å². The van der Waals surface area contributed by atoms with Crippen LogP contribution in [-0.4, -0.2) is 29.2 Å². The Morgan fingerprint density at radius 1 is 1.40 bits per heavy atom. The molecule has 1 unspecified atom stereocenters. The molecular weight excluding hydrogens is 389 g/mol. The largest absolute Gasteiger partial charge is 0.335 e. The maximum atomic E-state index is 12.7. The van der Waals surface area contributed by atoms with Gasteiger partial charge < -0.3 is 4.90 Å². The molecule has 1 aromatic carbocycles. The standard InChI is InChI=1S/C15H17ClINO2/c1-10(19)8-12-4-2-3-7-18(12)15(20)13-9-11(16)5-6-14(13)17/h5-6,9,12H,2-4,7-8H2,1H3. The number of ketones is 1. The third-order valence-corrected chi connectivity index (χ3v) is 4.75. The van der Waals surface area contributed by atoms with Crippen LogP contribution in [0.2, 0.25) is 5.02 Å². The number of halogens is 2. The molecule has 0 N–H and O–H groups in total. The number of Topliss-reactive ketones (excluding diaryl/α,β-unsaturated/α-hetero) is 1. The first-order valence-electron chi connectivity index (χ1n) is 6.74. The van der Waals surface area contributed by atoms with Gasteiger partial charge >= 0.3 is 0 Å². The molecule has 1 aromatic rings. The van der Waals surface area contributed by atoms with Crippen LogP contribution in [0.3, 0.4) is 0 Å². The van der Waals surface area contributed by atoms with Crippen molar-refractivity contribution >= 4 is 45.9 Å². The molecule has 0 bridgehead atoms. The number of nitrogens with zero attached hydrogens (tertiary/aromatic N) is 1. The number of rotatable bonds is 3. The summed E-state index contributed by atoms with van der Waals surface area (Å²) in [4.78, 5) is 25.9. The lowest BCUT2D eigenvalue weighted by molar-refractivity contribution is -0.118. The van der Waals surface area contributed by atoms with E-state index < -0.39 is 0 Å². The van der Waals surface area contributed by atoms with Gasteiger partial charge in [0.2, 0.25) is 0 Å². The van der Waals surface area contributed by atoms with Gasteiger partial charge in [-0.05, 0) is 67.0 Å². The van der Waals surface area contributed by atoms with Gasteiger partial charge in [-0.15, -0.1) is 0 Å². The summed E-state index contributed by atoms with van der Waals surface area (Å²) in [6, 6.07) is 5.37. The lowest BCUT2D eigenvalue weighted by Gasteiger charge is -2.35. The fraction of sp³-hybridized carbons (Fsp3) is 0.467. The molecule has 1 aliphatic rings. The number of hydrogen-bond acceptors (Lipinski definition) is 2. The summed E-state index contributed by atoms with van der Waals surface area (Å²) in [5.41, 5.74) is 0.633. The molecular formula is C15H17ClINO2. The van der Waals surface area contributed by atoms with E-state index in [0.717, 1.165) is 29.4 Å². The van der Waals surface area contributed by atoms with Crippen LogP contribution >= 0.6 is 34.2 Å². The van der Waals surface area contributed by atoms with E-state index >= 15 is 0 Å². The highest BCUT2D eigenvalue weighted by atomic mass is 127. The van der Waals surface area contributed by atoms with Gasteiger partial charge in [-0.3, -0.25) is 9.59 Å². The van der Waals surface area contributed by atoms with Gasteiger partial charge in [0.25, 0.3) is 5.91 Å². The van der Waals surface area contributed by atoms with Crippen LogP contribution in [0.25, 0.3) is 0 Å². The average Bonchev–Trinajstić information content (AvgIpc) is 2.41. The molecule has 1 heterocycles. The molecule has 3 nitrogen and oxygen atoms in total. The molecule has 0 aliphatic carbocycles. The molecule has 0 saturated carbocycles. The van der Waals surface area contributed by atoms with Gasteiger partial charge in [-0.1, -0.05) is 11.6 Å². The molecule has 108 valence electrons. The van der Waals surface area contributed by atoms with Crippen LogP contribution < -0.4 is 0 Å². The molecule has 1 saturated heterocycles. The number of likely N-dealkylation sites (tertiary alicyclic amines) is 1. The van der Waals surface area contributed by atoms with Gasteiger partial charge in [-0.2, -0.15) is 0 Å². The van der Waals surface area contributed by atoms with E-state index in [1.165, 1.54) is 0 Å². The molecule has 5 heteroatoms. The predicted molar refractivity (Wildman–Crippen MR) is 88.1 cm³/mol. The lowest BCUT2D eigenvalue weighted by Crippen LogP contribution is -2.44. The van der Waals surface area contributed by atoms with Gasteiger partial charge in [0.1, 0.15) is 5.78 Å². The summed E-state index contributed by atoms with van der Waals surface area (Å²) < 4.78 is 0.893. The zero-order valence-electron chi connectivity index (χ0n) is 11.4. The lowest BCUT2D eigenvalue weighted by atomic mass is 9.97. The molecule has 0 radical (unpaired) electrons. The van der Waals surface area contributed by atoms with Crippen molar-refractivity contribution in [3.05, 3.63) is 32.4 Å². The van der Waals surface area contributed by atoms with Crippen LogP contribution in [0.5, 0.6) is 0 Å². The van der Waals surface area contributed by atoms with Gasteiger partial charge in [0.15, 0.2) is 0 Å². The fourth-order valence-corrected chi connectivity index (χ4v) is 3.37. The second-order valence-corrected chi connectivity index (χ2v) is 6.78. The van der Waals surface area contributed by atoms with E-state index in [0.29, 0.717) is 17.0 Å². The summed E-state index contributed by atoms with van der Waals surface area (Å²) in [6.07, 6.45) is 3.43. The Labute approximate surface area is 137 Å². The summed E-state index contributed by atoms with van der Waals surface area (Å²) in [5, 5.41) is 0.564.